The van der Waals surface area contributed by atoms with E-state index in [0.29, 0.717) is 18.4 Å². The van der Waals surface area contributed by atoms with Gasteiger partial charge in [-0.05, 0) is 25.0 Å². The van der Waals surface area contributed by atoms with Crippen molar-refractivity contribution in [2.75, 3.05) is 0 Å². The molecule has 70 valence electrons. The highest BCUT2D eigenvalue weighted by Gasteiger charge is 2.06. The summed E-state index contributed by atoms with van der Waals surface area (Å²) < 4.78 is 0. The number of hydrogen-bond acceptors (Lipinski definition) is 2. The van der Waals surface area contributed by atoms with E-state index >= 15 is 0 Å². The van der Waals surface area contributed by atoms with Gasteiger partial charge < -0.3 is 10.1 Å². The fraction of sp³-hybridized carbons (Fsp3) is 0.333. The third-order valence-corrected chi connectivity index (χ3v) is 1.79. The van der Waals surface area contributed by atoms with Gasteiger partial charge in [-0.25, -0.2) is 0 Å². The Hall–Kier alpha value is -1.58. The lowest BCUT2D eigenvalue weighted by atomic mass is 10.2. The number of aromatic nitrogens is 1. The molecule has 0 bridgehead atoms. The number of rotatable bonds is 4. The van der Waals surface area contributed by atoms with Crippen molar-refractivity contribution in [2.24, 2.45) is 0 Å². The van der Waals surface area contributed by atoms with Crippen LogP contribution < -0.4 is 0 Å². The first-order chi connectivity index (χ1) is 6.13. The zero-order valence-electron chi connectivity index (χ0n) is 7.33. The van der Waals surface area contributed by atoms with Crippen LogP contribution in [0.2, 0.25) is 0 Å². The Kier molecular flexibility index (Phi) is 2.84. The number of aldehydes is 1. The number of H-pyrrole nitrogens is 1. The van der Waals surface area contributed by atoms with E-state index in [1.165, 1.54) is 0 Å². The molecule has 1 rings (SSSR count). The maximum absolute atomic E-state index is 10.5. The van der Waals surface area contributed by atoms with Crippen molar-refractivity contribution in [2.45, 2.75) is 19.8 Å². The third-order valence-electron chi connectivity index (χ3n) is 1.79. The van der Waals surface area contributed by atoms with Crippen molar-refractivity contribution in [3.8, 4) is 0 Å². The molecule has 0 aliphatic heterocycles. The molecule has 2 N–H and O–H groups in total. The number of carboxylic acids is 1. The fourth-order valence-corrected chi connectivity index (χ4v) is 1.22. The van der Waals surface area contributed by atoms with Crippen molar-refractivity contribution in [1.82, 2.24) is 4.98 Å². The van der Waals surface area contributed by atoms with E-state index in [4.69, 9.17) is 5.11 Å². The molecule has 0 amide bonds. The van der Waals surface area contributed by atoms with Gasteiger partial charge in [-0.1, -0.05) is 0 Å². The molecule has 0 fully saturated rings. The summed E-state index contributed by atoms with van der Waals surface area (Å²) in [5.74, 6) is -0.851. The number of nitrogens with one attached hydrogen (secondary N) is 1. The number of carboxylic acid groups (broad SMARTS) is 1. The normalized spacial score (nSPS) is 9.92. The zero-order valence-corrected chi connectivity index (χ0v) is 7.33. The SMILES string of the molecule is Cc1cc(CCC(=O)O)c([14CH]=O)[nH]1. The molecule has 0 saturated heterocycles. The lowest BCUT2D eigenvalue weighted by Gasteiger charge is -1.94. The molecule has 0 aliphatic carbocycles. The summed E-state index contributed by atoms with van der Waals surface area (Å²) in [4.78, 5) is 23.6. The highest BCUT2D eigenvalue weighted by Crippen LogP contribution is 2.10. The van der Waals surface area contributed by atoms with Gasteiger partial charge in [0.1, 0.15) is 0 Å². The van der Waals surface area contributed by atoms with E-state index in [-0.39, 0.29) is 6.42 Å². The summed E-state index contributed by atoms with van der Waals surface area (Å²) in [5, 5.41) is 8.45. The Labute approximate surface area is 75.6 Å². The highest BCUT2D eigenvalue weighted by atomic mass is 16.4. The van der Waals surface area contributed by atoms with Crippen LogP contribution in [0.15, 0.2) is 6.07 Å². The standard InChI is InChI=1S/C9H11NO3/c1-6-4-7(2-3-9(12)13)8(5-11)10-6/h4-5,10H,2-3H2,1H3,(H,12,13)/i5+2. The minimum Gasteiger partial charge on any atom is -0.481 e. The Bertz CT molecular complexity index is 328. The third kappa shape index (κ3) is 2.43. The lowest BCUT2D eigenvalue weighted by molar-refractivity contribution is -0.136. The molecule has 4 nitrogen and oxygen atoms in total. The van der Waals surface area contributed by atoms with Gasteiger partial charge in [-0.3, -0.25) is 9.59 Å². The minimum absolute atomic E-state index is 0.0537. The van der Waals surface area contributed by atoms with Crippen molar-refractivity contribution in [3.63, 3.8) is 0 Å². The molecule has 13 heavy (non-hydrogen) atoms. The van der Waals surface area contributed by atoms with Crippen LogP contribution >= 0.6 is 0 Å². The zero-order chi connectivity index (χ0) is 9.84. The molecular weight excluding hydrogens is 172 g/mol. The van der Waals surface area contributed by atoms with Gasteiger partial charge in [0.15, 0.2) is 6.29 Å². The fourth-order valence-electron chi connectivity index (χ4n) is 1.22. The van der Waals surface area contributed by atoms with E-state index in [0.717, 1.165) is 11.3 Å². The number of hydrogen-bond donors (Lipinski definition) is 2. The van der Waals surface area contributed by atoms with Crippen molar-refractivity contribution in [3.05, 3.63) is 23.0 Å². The predicted octanol–water partition coefficient (Wildman–Crippen LogP) is 1.15. The first-order valence-electron chi connectivity index (χ1n) is 3.99. The molecule has 1 aromatic rings. The summed E-state index contributed by atoms with van der Waals surface area (Å²) >= 11 is 0. The summed E-state index contributed by atoms with van der Waals surface area (Å²) in [5.41, 5.74) is 2.14. The Morgan fingerprint density at radius 1 is 1.69 bits per heavy atom. The van der Waals surface area contributed by atoms with Crippen LogP contribution in [0, 0.1) is 6.92 Å². The molecule has 0 unspecified atom stereocenters. The van der Waals surface area contributed by atoms with E-state index < -0.39 is 5.97 Å². The van der Waals surface area contributed by atoms with Gasteiger partial charge in [0.25, 0.3) is 0 Å². The molecule has 0 radical (unpaired) electrons. The van der Waals surface area contributed by atoms with Crippen LogP contribution in [0.25, 0.3) is 0 Å². The highest BCUT2D eigenvalue weighted by molar-refractivity contribution is 5.75. The summed E-state index contributed by atoms with van der Waals surface area (Å²) in [7, 11) is 0. The maximum Gasteiger partial charge on any atom is 0.303 e. The first-order valence-corrected chi connectivity index (χ1v) is 3.99. The largest absolute Gasteiger partial charge is 0.481 e. The Balaban J connectivity index is 2.74. The van der Waals surface area contributed by atoms with Crippen LogP contribution in [0.3, 0.4) is 0 Å². The van der Waals surface area contributed by atoms with E-state index in [1.807, 2.05) is 6.92 Å². The second-order valence-corrected chi connectivity index (χ2v) is 2.90. The number of carbonyl (C=O) groups excluding carboxylic acids is 1. The number of aromatic amines is 1. The van der Waals surface area contributed by atoms with Crippen molar-refractivity contribution in [1.29, 1.82) is 0 Å². The van der Waals surface area contributed by atoms with Crippen LogP contribution in [0.5, 0.6) is 0 Å². The molecule has 0 saturated carbocycles. The number of aryl methyl sites for hydroxylation is 2. The molecular formula is C9H11NO3. The molecule has 0 aromatic carbocycles. The van der Waals surface area contributed by atoms with Crippen LogP contribution in [0.4, 0.5) is 0 Å². The second kappa shape index (κ2) is 3.89. The lowest BCUT2D eigenvalue weighted by Crippen LogP contribution is -1.98. The number of carbonyl (C=O) groups is 2. The molecule has 0 spiro atoms. The summed E-state index contributed by atoms with van der Waals surface area (Å²) in [6.45, 7) is 1.83. The van der Waals surface area contributed by atoms with Crippen LogP contribution in [-0.4, -0.2) is 22.3 Å². The molecule has 0 atom stereocenters. The van der Waals surface area contributed by atoms with E-state index in [9.17, 15) is 9.59 Å². The Morgan fingerprint density at radius 3 is 2.92 bits per heavy atom. The molecule has 1 heterocycles. The quantitative estimate of drug-likeness (QED) is 0.688. The minimum atomic E-state index is -0.851. The second-order valence-electron chi connectivity index (χ2n) is 2.90. The van der Waals surface area contributed by atoms with E-state index in [1.54, 1.807) is 6.07 Å². The average molecular weight is 183 g/mol. The van der Waals surface area contributed by atoms with Crippen molar-refractivity contribution >= 4 is 12.3 Å². The van der Waals surface area contributed by atoms with Gasteiger partial charge in [0.05, 0.1) is 5.69 Å². The van der Waals surface area contributed by atoms with Gasteiger partial charge in [-0.2, -0.15) is 0 Å². The topological polar surface area (TPSA) is 70.2 Å². The molecule has 1 aromatic heterocycles. The van der Waals surface area contributed by atoms with Gasteiger partial charge in [-0.15, -0.1) is 0 Å². The maximum atomic E-state index is 10.5. The predicted molar refractivity (Wildman–Crippen MR) is 46.9 cm³/mol. The van der Waals surface area contributed by atoms with Crippen molar-refractivity contribution < 1.29 is 14.7 Å². The summed E-state index contributed by atoms with van der Waals surface area (Å²) in [6, 6.07) is 1.80. The van der Waals surface area contributed by atoms with Gasteiger partial charge in [0.2, 0.25) is 0 Å². The van der Waals surface area contributed by atoms with E-state index in [2.05, 4.69) is 4.98 Å². The molecule has 0 aliphatic rings. The number of aliphatic carboxylic acids is 1. The molecule has 4 heteroatoms. The summed E-state index contributed by atoms with van der Waals surface area (Å²) in [6.07, 6.45) is 1.16. The Morgan fingerprint density at radius 2 is 2.38 bits per heavy atom. The monoisotopic (exact) mass is 183 g/mol. The van der Waals surface area contributed by atoms with Gasteiger partial charge in [0, 0.05) is 12.1 Å². The average Bonchev–Trinajstić information content (AvgIpc) is 2.42. The van der Waals surface area contributed by atoms with Crippen LogP contribution in [0.1, 0.15) is 28.2 Å². The smallest absolute Gasteiger partial charge is 0.303 e. The van der Waals surface area contributed by atoms with Crippen LogP contribution in [-0.2, 0) is 11.2 Å². The van der Waals surface area contributed by atoms with Gasteiger partial charge >= 0.3 is 5.97 Å². The first kappa shape index (κ1) is 9.51.